The molecule has 0 saturated heterocycles. The Hall–Kier alpha value is -2.62. The van der Waals surface area contributed by atoms with Crippen LogP contribution >= 0.6 is 0 Å². The molecule has 2 aromatic carbocycles. The summed E-state index contributed by atoms with van der Waals surface area (Å²) in [5, 5.41) is 0. The molecular formula is C17H10F3N. The van der Waals surface area contributed by atoms with Crippen LogP contribution in [0.2, 0.25) is 0 Å². The highest BCUT2D eigenvalue weighted by Crippen LogP contribution is 2.28. The Morgan fingerprint density at radius 1 is 0.667 bits per heavy atom. The second-order valence-electron chi connectivity index (χ2n) is 4.51. The zero-order valence-electron chi connectivity index (χ0n) is 10.9. The van der Waals surface area contributed by atoms with Gasteiger partial charge in [0.25, 0.3) is 0 Å². The summed E-state index contributed by atoms with van der Waals surface area (Å²) in [6.45, 7) is 0. The van der Waals surface area contributed by atoms with Gasteiger partial charge in [0.05, 0.1) is 0 Å². The van der Waals surface area contributed by atoms with E-state index in [9.17, 15) is 13.2 Å². The first-order valence-electron chi connectivity index (χ1n) is 6.32. The van der Waals surface area contributed by atoms with Crippen molar-refractivity contribution in [2.45, 2.75) is 0 Å². The van der Waals surface area contributed by atoms with E-state index >= 15 is 0 Å². The van der Waals surface area contributed by atoms with E-state index in [1.807, 2.05) is 0 Å². The SMILES string of the molecule is Fc1ccccc1-c1cnc(-c2ccccc2F)c(F)c1. The Bertz CT molecular complexity index is 800. The minimum atomic E-state index is -0.694. The zero-order chi connectivity index (χ0) is 14.8. The molecule has 0 amide bonds. The maximum absolute atomic E-state index is 14.2. The first-order chi connectivity index (χ1) is 10.2. The van der Waals surface area contributed by atoms with Crippen molar-refractivity contribution < 1.29 is 13.2 Å². The van der Waals surface area contributed by atoms with Crippen LogP contribution in [-0.2, 0) is 0 Å². The van der Waals surface area contributed by atoms with Crippen molar-refractivity contribution in [1.82, 2.24) is 4.98 Å². The van der Waals surface area contributed by atoms with Gasteiger partial charge in [0.15, 0.2) is 0 Å². The monoisotopic (exact) mass is 285 g/mol. The van der Waals surface area contributed by atoms with Crippen molar-refractivity contribution in [2.24, 2.45) is 0 Å². The second-order valence-corrected chi connectivity index (χ2v) is 4.51. The van der Waals surface area contributed by atoms with Crippen molar-refractivity contribution in [2.75, 3.05) is 0 Å². The molecule has 0 saturated carbocycles. The van der Waals surface area contributed by atoms with E-state index in [4.69, 9.17) is 0 Å². The fourth-order valence-electron chi connectivity index (χ4n) is 2.13. The van der Waals surface area contributed by atoms with Crippen LogP contribution in [0, 0.1) is 17.5 Å². The van der Waals surface area contributed by atoms with Gasteiger partial charge in [0, 0.05) is 22.9 Å². The summed E-state index contributed by atoms with van der Waals surface area (Å²) in [5.41, 5.74) is 0.554. The summed E-state index contributed by atoms with van der Waals surface area (Å²) in [7, 11) is 0. The van der Waals surface area contributed by atoms with E-state index in [1.54, 1.807) is 18.2 Å². The number of halogens is 3. The molecule has 1 aromatic heterocycles. The molecule has 0 aliphatic carbocycles. The maximum atomic E-state index is 14.2. The van der Waals surface area contributed by atoms with E-state index in [2.05, 4.69) is 4.98 Å². The van der Waals surface area contributed by atoms with Crippen LogP contribution < -0.4 is 0 Å². The molecule has 1 heterocycles. The fraction of sp³-hybridized carbons (Fsp3) is 0. The van der Waals surface area contributed by atoms with Crippen molar-refractivity contribution in [1.29, 1.82) is 0 Å². The van der Waals surface area contributed by atoms with Crippen LogP contribution in [0.15, 0.2) is 60.8 Å². The molecule has 4 heteroatoms. The highest BCUT2D eigenvalue weighted by molar-refractivity contribution is 5.68. The Morgan fingerprint density at radius 2 is 1.24 bits per heavy atom. The molecule has 0 aliphatic rings. The molecule has 3 rings (SSSR count). The van der Waals surface area contributed by atoms with E-state index in [0.29, 0.717) is 5.56 Å². The standard InChI is InChI=1S/C17H10F3N/c18-14-7-3-1-5-12(14)11-9-16(20)17(21-10-11)13-6-2-4-8-15(13)19/h1-10H. The van der Waals surface area contributed by atoms with Crippen LogP contribution in [0.5, 0.6) is 0 Å². The third kappa shape index (κ3) is 2.52. The Balaban J connectivity index is 2.09. The molecule has 0 fully saturated rings. The van der Waals surface area contributed by atoms with Gasteiger partial charge in [-0.25, -0.2) is 13.2 Å². The maximum Gasteiger partial charge on any atom is 0.150 e. The predicted molar refractivity (Wildman–Crippen MR) is 75.0 cm³/mol. The van der Waals surface area contributed by atoms with Gasteiger partial charge < -0.3 is 0 Å². The zero-order valence-corrected chi connectivity index (χ0v) is 10.9. The summed E-state index contributed by atoms with van der Waals surface area (Å²) in [4.78, 5) is 3.95. The number of hydrogen-bond donors (Lipinski definition) is 0. The Labute approximate surface area is 119 Å². The van der Waals surface area contributed by atoms with Gasteiger partial charge in [-0.15, -0.1) is 0 Å². The summed E-state index contributed by atoms with van der Waals surface area (Å²) in [5.74, 6) is -1.71. The third-order valence-electron chi connectivity index (χ3n) is 3.16. The highest BCUT2D eigenvalue weighted by Gasteiger charge is 2.13. The lowest BCUT2D eigenvalue weighted by molar-refractivity contribution is 0.611. The largest absolute Gasteiger partial charge is 0.252 e. The topological polar surface area (TPSA) is 12.9 Å². The molecular weight excluding hydrogens is 275 g/mol. The minimum Gasteiger partial charge on any atom is -0.252 e. The molecule has 0 atom stereocenters. The number of rotatable bonds is 2. The summed E-state index contributed by atoms with van der Waals surface area (Å²) in [6, 6.07) is 13.0. The average Bonchev–Trinajstić information content (AvgIpc) is 2.49. The van der Waals surface area contributed by atoms with Gasteiger partial charge in [0.2, 0.25) is 0 Å². The Morgan fingerprint density at radius 3 is 1.81 bits per heavy atom. The van der Waals surface area contributed by atoms with Crippen LogP contribution in [-0.4, -0.2) is 4.98 Å². The number of pyridine rings is 1. The summed E-state index contributed by atoms with van der Waals surface area (Å²) >= 11 is 0. The first-order valence-corrected chi connectivity index (χ1v) is 6.32. The molecule has 0 radical (unpaired) electrons. The molecule has 0 bridgehead atoms. The first kappa shape index (κ1) is 13.4. The smallest absolute Gasteiger partial charge is 0.150 e. The average molecular weight is 285 g/mol. The lowest BCUT2D eigenvalue weighted by Crippen LogP contribution is -1.94. The normalized spacial score (nSPS) is 10.6. The molecule has 0 aliphatic heterocycles. The van der Waals surface area contributed by atoms with E-state index in [1.165, 1.54) is 36.5 Å². The van der Waals surface area contributed by atoms with Gasteiger partial charge in [-0.2, -0.15) is 0 Å². The van der Waals surface area contributed by atoms with Crippen LogP contribution in [0.1, 0.15) is 0 Å². The fourth-order valence-corrected chi connectivity index (χ4v) is 2.13. The molecule has 0 N–H and O–H groups in total. The molecule has 1 nitrogen and oxygen atoms in total. The van der Waals surface area contributed by atoms with E-state index in [0.717, 1.165) is 6.07 Å². The number of hydrogen-bond acceptors (Lipinski definition) is 1. The minimum absolute atomic E-state index is 0.0788. The summed E-state index contributed by atoms with van der Waals surface area (Å²) in [6.07, 6.45) is 1.34. The predicted octanol–water partition coefficient (Wildman–Crippen LogP) is 4.83. The summed E-state index contributed by atoms with van der Waals surface area (Å²) < 4.78 is 41.5. The van der Waals surface area contributed by atoms with E-state index in [-0.39, 0.29) is 16.8 Å². The van der Waals surface area contributed by atoms with Crippen LogP contribution in [0.25, 0.3) is 22.4 Å². The van der Waals surface area contributed by atoms with Crippen molar-refractivity contribution >= 4 is 0 Å². The lowest BCUT2D eigenvalue weighted by atomic mass is 10.0. The highest BCUT2D eigenvalue weighted by atomic mass is 19.1. The van der Waals surface area contributed by atoms with Gasteiger partial charge in [0.1, 0.15) is 23.1 Å². The van der Waals surface area contributed by atoms with E-state index < -0.39 is 17.5 Å². The quantitative estimate of drug-likeness (QED) is 0.657. The van der Waals surface area contributed by atoms with Crippen molar-refractivity contribution in [3.05, 3.63) is 78.2 Å². The Kier molecular flexibility index (Phi) is 3.44. The van der Waals surface area contributed by atoms with Gasteiger partial charge >= 0.3 is 0 Å². The third-order valence-corrected chi connectivity index (χ3v) is 3.16. The van der Waals surface area contributed by atoms with Crippen LogP contribution in [0.3, 0.4) is 0 Å². The van der Waals surface area contributed by atoms with Crippen molar-refractivity contribution in [3.8, 4) is 22.4 Å². The van der Waals surface area contributed by atoms with Crippen LogP contribution in [0.4, 0.5) is 13.2 Å². The number of aromatic nitrogens is 1. The van der Waals surface area contributed by atoms with Gasteiger partial charge in [-0.3, -0.25) is 4.98 Å². The molecule has 21 heavy (non-hydrogen) atoms. The molecule has 0 spiro atoms. The lowest BCUT2D eigenvalue weighted by Gasteiger charge is -2.07. The van der Waals surface area contributed by atoms with Crippen molar-refractivity contribution in [3.63, 3.8) is 0 Å². The number of nitrogens with zero attached hydrogens (tertiary/aromatic N) is 1. The molecule has 104 valence electrons. The van der Waals surface area contributed by atoms with Gasteiger partial charge in [-0.05, 0) is 24.3 Å². The second kappa shape index (κ2) is 5.40. The molecule has 3 aromatic rings. The number of benzene rings is 2. The molecule has 0 unspecified atom stereocenters. The van der Waals surface area contributed by atoms with Gasteiger partial charge in [-0.1, -0.05) is 30.3 Å².